The van der Waals surface area contributed by atoms with Crippen molar-refractivity contribution in [3.63, 3.8) is 0 Å². The van der Waals surface area contributed by atoms with Gasteiger partial charge >= 0.3 is 11.9 Å². The van der Waals surface area contributed by atoms with E-state index in [1.165, 1.54) is 25.3 Å². The number of nitriles is 1. The van der Waals surface area contributed by atoms with E-state index in [-0.39, 0.29) is 40.2 Å². The lowest BCUT2D eigenvalue weighted by atomic mass is 9.81. The molecule has 36 heavy (non-hydrogen) atoms. The number of hydrogen-bond acceptors (Lipinski definition) is 8. The lowest BCUT2D eigenvalue weighted by molar-refractivity contribution is -0.139. The third-order valence-corrected chi connectivity index (χ3v) is 6.38. The average Bonchev–Trinajstić information content (AvgIpc) is 3.42. The molecule has 186 valence electrons. The van der Waals surface area contributed by atoms with Crippen LogP contribution in [0.5, 0.6) is 5.75 Å². The summed E-state index contributed by atoms with van der Waals surface area (Å²) in [6, 6.07) is 14.9. The Morgan fingerprint density at radius 2 is 1.69 bits per heavy atom. The maximum Gasteiger partial charge on any atom is 0.355 e. The second-order valence-corrected chi connectivity index (χ2v) is 8.45. The van der Waals surface area contributed by atoms with Crippen molar-refractivity contribution in [2.45, 2.75) is 37.7 Å². The summed E-state index contributed by atoms with van der Waals surface area (Å²) in [5, 5.41) is 10.2. The number of nitrogens with zero attached hydrogens (tertiary/aromatic N) is 2. The molecule has 2 aliphatic rings. The minimum atomic E-state index is -1.01. The molecule has 0 spiro atoms. The van der Waals surface area contributed by atoms with Crippen molar-refractivity contribution >= 4 is 17.6 Å². The van der Waals surface area contributed by atoms with Gasteiger partial charge in [0.15, 0.2) is 11.6 Å². The average molecular weight is 492 g/mol. The molecule has 1 fully saturated rings. The fourth-order valence-corrected chi connectivity index (χ4v) is 4.73. The SMILES string of the molecule is COC(=O)C1=C(C(=O)OC)N(c2cccc(F)c2OC2CCCC2)C(N)=C(C#N)C1c1ccccc1. The monoisotopic (exact) mass is 491 g/mol. The van der Waals surface area contributed by atoms with Crippen LogP contribution in [0.4, 0.5) is 10.1 Å². The number of hydrogen-bond donors (Lipinski definition) is 1. The van der Waals surface area contributed by atoms with Crippen LogP contribution >= 0.6 is 0 Å². The number of halogens is 1. The minimum Gasteiger partial charge on any atom is -0.485 e. The summed E-state index contributed by atoms with van der Waals surface area (Å²) in [5.74, 6) is -3.73. The number of benzene rings is 2. The van der Waals surface area contributed by atoms with E-state index in [1.807, 2.05) is 0 Å². The number of esters is 2. The molecule has 9 heteroatoms. The lowest BCUT2D eigenvalue weighted by Crippen LogP contribution is -2.41. The van der Waals surface area contributed by atoms with Crippen LogP contribution in [0.2, 0.25) is 0 Å². The van der Waals surface area contributed by atoms with Gasteiger partial charge in [0.25, 0.3) is 0 Å². The van der Waals surface area contributed by atoms with Crippen LogP contribution in [-0.4, -0.2) is 32.3 Å². The van der Waals surface area contributed by atoms with Crippen molar-refractivity contribution < 1.29 is 28.2 Å². The van der Waals surface area contributed by atoms with Gasteiger partial charge in [-0.1, -0.05) is 36.4 Å². The van der Waals surface area contributed by atoms with Gasteiger partial charge in [0.1, 0.15) is 11.5 Å². The van der Waals surface area contributed by atoms with Gasteiger partial charge in [-0.05, 0) is 43.4 Å². The number of allylic oxidation sites excluding steroid dienone is 1. The summed E-state index contributed by atoms with van der Waals surface area (Å²) in [5.41, 5.74) is 6.68. The van der Waals surface area contributed by atoms with Crippen LogP contribution in [0.25, 0.3) is 0 Å². The summed E-state index contributed by atoms with van der Waals surface area (Å²) in [4.78, 5) is 27.5. The van der Waals surface area contributed by atoms with E-state index < -0.39 is 23.7 Å². The number of rotatable bonds is 6. The van der Waals surface area contributed by atoms with Crippen LogP contribution in [0.15, 0.2) is 71.2 Å². The van der Waals surface area contributed by atoms with Crippen molar-refractivity contribution in [2.75, 3.05) is 19.1 Å². The Kier molecular flexibility index (Phi) is 7.25. The van der Waals surface area contributed by atoms with Crippen LogP contribution < -0.4 is 15.4 Å². The lowest BCUT2D eigenvalue weighted by Gasteiger charge is -2.36. The molecule has 0 saturated heterocycles. The Hall–Kier alpha value is -4.32. The third-order valence-electron chi connectivity index (χ3n) is 6.38. The van der Waals surface area contributed by atoms with Gasteiger partial charge in [0.2, 0.25) is 0 Å². The topological polar surface area (TPSA) is 115 Å². The first-order valence-electron chi connectivity index (χ1n) is 11.5. The predicted octanol–water partition coefficient (Wildman–Crippen LogP) is 4.04. The van der Waals surface area contributed by atoms with E-state index in [0.29, 0.717) is 5.56 Å². The number of ether oxygens (including phenoxy) is 3. The normalized spacial score (nSPS) is 18.2. The molecule has 0 radical (unpaired) electrons. The summed E-state index contributed by atoms with van der Waals surface area (Å²) in [6.45, 7) is 0. The van der Waals surface area contributed by atoms with E-state index >= 15 is 4.39 Å². The van der Waals surface area contributed by atoms with Gasteiger partial charge in [-0.25, -0.2) is 14.0 Å². The molecule has 1 atom stereocenters. The van der Waals surface area contributed by atoms with Gasteiger partial charge < -0.3 is 19.9 Å². The highest BCUT2D eigenvalue weighted by Gasteiger charge is 2.44. The highest BCUT2D eigenvalue weighted by molar-refractivity contribution is 6.06. The second-order valence-electron chi connectivity index (χ2n) is 8.45. The van der Waals surface area contributed by atoms with Crippen LogP contribution in [0, 0.1) is 17.1 Å². The number of anilines is 1. The van der Waals surface area contributed by atoms with Crippen molar-refractivity contribution in [3.05, 3.63) is 82.6 Å². The zero-order valence-corrected chi connectivity index (χ0v) is 20.0. The first-order valence-corrected chi connectivity index (χ1v) is 11.5. The number of para-hydroxylation sites is 1. The van der Waals surface area contributed by atoms with E-state index in [9.17, 15) is 14.9 Å². The summed E-state index contributed by atoms with van der Waals surface area (Å²) in [6.07, 6.45) is 3.21. The van der Waals surface area contributed by atoms with Gasteiger partial charge in [-0.3, -0.25) is 4.90 Å². The first kappa shape index (κ1) is 24.8. The zero-order valence-electron chi connectivity index (χ0n) is 20.0. The van der Waals surface area contributed by atoms with Gasteiger partial charge in [-0.15, -0.1) is 0 Å². The highest BCUT2D eigenvalue weighted by Crippen LogP contribution is 2.46. The molecule has 1 saturated carbocycles. The second kappa shape index (κ2) is 10.5. The van der Waals surface area contributed by atoms with Crippen molar-refractivity contribution in [1.82, 2.24) is 0 Å². The summed E-state index contributed by atoms with van der Waals surface area (Å²) in [7, 11) is 2.32. The molecule has 8 nitrogen and oxygen atoms in total. The Balaban J connectivity index is 2.02. The van der Waals surface area contributed by atoms with Gasteiger partial charge in [-0.2, -0.15) is 5.26 Å². The third kappa shape index (κ3) is 4.38. The van der Waals surface area contributed by atoms with Crippen molar-refractivity contribution in [1.29, 1.82) is 5.26 Å². The maximum atomic E-state index is 15.1. The summed E-state index contributed by atoms with van der Waals surface area (Å²) >= 11 is 0. The molecular weight excluding hydrogens is 465 g/mol. The standard InChI is InChI=1S/C27H26FN3O5/c1-34-26(32)22-21(16-9-4-3-5-10-16)18(15-29)25(30)31(23(22)27(33)35-2)20-14-8-13-19(28)24(20)36-17-11-6-7-12-17/h3-5,8-10,13-14,17,21H,6-7,11-12,30H2,1-2H3. The molecule has 1 unspecified atom stereocenters. The predicted molar refractivity (Wildman–Crippen MR) is 129 cm³/mol. The number of nitrogens with two attached hydrogens (primary N) is 1. The number of carbonyl (C=O) groups is 2. The molecule has 0 aromatic heterocycles. The fourth-order valence-electron chi connectivity index (χ4n) is 4.73. The smallest absolute Gasteiger partial charge is 0.355 e. The van der Waals surface area contributed by atoms with E-state index in [1.54, 1.807) is 30.3 Å². The molecule has 1 aliphatic heterocycles. The van der Waals surface area contributed by atoms with E-state index in [2.05, 4.69) is 6.07 Å². The quantitative estimate of drug-likeness (QED) is 0.602. The van der Waals surface area contributed by atoms with Gasteiger partial charge in [0.05, 0.1) is 49.1 Å². The van der Waals surface area contributed by atoms with Crippen LogP contribution in [0.3, 0.4) is 0 Å². The van der Waals surface area contributed by atoms with E-state index in [0.717, 1.165) is 37.7 Å². The molecule has 2 aromatic carbocycles. The fraction of sp³-hybridized carbons (Fsp3) is 0.296. The zero-order chi connectivity index (χ0) is 25.8. The Morgan fingerprint density at radius 1 is 1.03 bits per heavy atom. The Bertz CT molecular complexity index is 1280. The number of methoxy groups -OCH3 is 2. The molecule has 0 bridgehead atoms. The molecule has 2 aromatic rings. The highest BCUT2D eigenvalue weighted by atomic mass is 19.1. The first-order chi connectivity index (χ1) is 17.4. The molecule has 1 heterocycles. The molecule has 1 aliphatic carbocycles. The van der Waals surface area contributed by atoms with Gasteiger partial charge in [0, 0.05) is 0 Å². The molecule has 2 N–H and O–H groups in total. The van der Waals surface area contributed by atoms with Crippen molar-refractivity contribution in [2.24, 2.45) is 5.73 Å². The Morgan fingerprint density at radius 3 is 2.31 bits per heavy atom. The van der Waals surface area contributed by atoms with Crippen molar-refractivity contribution in [3.8, 4) is 11.8 Å². The molecular formula is C27H26FN3O5. The van der Waals surface area contributed by atoms with Crippen LogP contribution in [-0.2, 0) is 19.1 Å². The molecule has 0 amide bonds. The van der Waals surface area contributed by atoms with E-state index in [4.69, 9.17) is 19.9 Å². The summed E-state index contributed by atoms with van der Waals surface area (Å²) < 4.78 is 31.2. The van der Waals surface area contributed by atoms with Crippen LogP contribution in [0.1, 0.15) is 37.2 Å². The number of carbonyl (C=O) groups excluding carboxylic acids is 2. The molecule has 4 rings (SSSR count). The maximum absolute atomic E-state index is 15.1. The largest absolute Gasteiger partial charge is 0.485 e. The Labute approximate surface area is 208 Å². The minimum absolute atomic E-state index is 0.00895.